The maximum absolute atomic E-state index is 11.8. The van der Waals surface area contributed by atoms with Gasteiger partial charge in [0.05, 0.1) is 24.4 Å². The second-order valence-electron chi connectivity index (χ2n) is 4.96. The van der Waals surface area contributed by atoms with Gasteiger partial charge in [-0.05, 0) is 24.1 Å². The maximum atomic E-state index is 11.8. The first-order valence-corrected chi connectivity index (χ1v) is 9.57. The smallest absolute Gasteiger partial charge is 0.230 e. The van der Waals surface area contributed by atoms with E-state index in [1.807, 2.05) is 24.3 Å². The number of nitrogens with one attached hydrogen (secondary N) is 1. The van der Waals surface area contributed by atoms with Crippen LogP contribution in [0.5, 0.6) is 5.75 Å². The van der Waals surface area contributed by atoms with E-state index in [0.717, 1.165) is 11.3 Å². The van der Waals surface area contributed by atoms with Crippen LogP contribution in [0.1, 0.15) is 12.0 Å². The average molecular weight is 329 g/mol. The molecule has 1 fully saturated rings. The number of benzene rings is 1. The fraction of sp³-hybridized carbons (Fsp3) is 0.500. The highest BCUT2D eigenvalue weighted by Gasteiger charge is 2.28. The molecule has 21 heavy (non-hydrogen) atoms. The van der Waals surface area contributed by atoms with Gasteiger partial charge in [-0.1, -0.05) is 12.1 Å². The quantitative estimate of drug-likeness (QED) is 0.850. The molecule has 0 radical (unpaired) electrons. The SMILES string of the molecule is COc1ccc(CNC(=O)CS[C@@H]2CCS(=O)(=O)C2)cc1. The summed E-state index contributed by atoms with van der Waals surface area (Å²) >= 11 is 1.42. The fourth-order valence-electron chi connectivity index (χ4n) is 2.08. The third-order valence-electron chi connectivity index (χ3n) is 3.29. The van der Waals surface area contributed by atoms with Gasteiger partial charge in [0.1, 0.15) is 5.75 Å². The zero-order valence-corrected chi connectivity index (χ0v) is 13.5. The topological polar surface area (TPSA) is 72.5 Å². The van der Waals surface area contributed by atoms with Crippen LogP contribution in [0.15, 0.2) is 24.3 Å². The van der Waals surface area contributed by atoms with Gasteiger partial charge in [-0.3, -0.25) is 4.79 Å². The Labute approximate surface area is 129 Å². The monoisotopic (exact) mass is 329 g/mol. The highest BCUT2D eigenvalue weighted by atomic mass is 32.2. The van der Waals surface area contributed by atoms with Crippen LogP contribution in [-0.4, -0.2) is 43.9 Å². The van der Waals surface area contributed by atoms with Gasteiger partial charge in [0.25, 0.3) is 0 Å². The molecule has 1 N–H and O–H groups in total. The van der Waals surface area contributed by atoms with Crippen molar-refractivity contribution in [3.05, 3.63) is 29.8 Å². The molecule has 1 amide bonds. The lowest BCUT2D eigenvalue weighted by molar-refractivity contribution is -0.118. The molecule has 1 heterocycles. The van der Waals surface area contributed by atoms with E-state index >= 15 is 0 Å². The molecule has 1 aliphatic heterocycles. The number of methoxy groups -OCH3 is 1. The molecule has 1 aromatic rings. The van der Waals surface area contributed by atoms with E-state index in [4.69, 9.17) is 4.74 Å². The number of carbonyl (C=O) groups is 1. The predicted molar refractivity (Wildman–Crippen MR) is 84.4 cm³/mol. The molecule has 1 aromatic carbocycles. The van der Waals surface area contributed by atoms with Gasteiger partial charge in [0, 0.05) is 11.8 Å². The van der Waals surface area contributed by atoms with E-state index in [-0.39, 0.29) is 22.7 Å². The van der Waals surface area contributed by atoms with Crippen molar-refractivity contribution < 1.29 is 17.9 Å². The van der Waals surface area contributed by atoms with Gasteiger partial charge >= 0.3 is 0 Å². The lowest BCUT2D eigenvalue weighted by atomic mass is 10.2. The van der Waals surface area contributed by atoms with Crippen molar-refractivity contribution in [1.29, 1.82) is 0 Å². The standard InChI is InChI=1S/C14H19NO4S2/c1-19-12-4-2-11(3-5-12)8-15-14(16)9-20-13-6-7-21(17,18)10-13/h2-5,13H,6-10H2,1H3,(H,15,16)/t13-/m1/s1. The summed E-state index contributed by atoms with van der Waals surface area (Å²) in [7, 11) is -1.26. The third-order valence-corrected chi connectivity index (χ3v) is 6.57. The molecule has 1 aliphatic rings. The van der Waals surface area contributed by atoms with Crippen LogP contribution in [0, 0.1) is 0 Å². The maximum Gasteiger partial charge on any atom is 0.230 e. The second-order valence-corrected chi connectivity index (χ2v) is 8.48. The van der Waals surface area contributed by atoms with Crippen molar-refractivity contribution >= 4 is 27.5 Å². The number of carbonyl (C=O) groups excluding carboxylic acids is 1. The molecule has 116 valence electrons. The Morgan fingerprint density at radius 3 is 2.67 bits per heavy atom. The fourth-order valence-corrected chi connectivity index (χ4v) is 5.55. The summed E-state index contributed by atoms with van der Waals surface area (Å²) in [5, 5.41) is 2.89. The van der Waals surface area contributed by atoms with Gasteiger partial charge < -0.3 is 10.1 Å². The average Bonchev–Trinajstić information content (AvgIpc) is 2.83. The Morgan fingerprint density at radius 2 is 2.10 bits per heavy atom. The zero-order valence-electron chi connectivity index (χ0n) is 11.9. The molecule has 1 saturated heterocycles. The molecule has 5 nitrogen and oxygen atoms in total. The van der Waals surface area contributed by atoms with Crippen LogP contribution in [0.25, 0.3) is 0 Å². The number of ether oxygens (including phenoxy) is 1. The Kier molecular flexibility index (Phi) is 5.52. The number of rotatable bonds is 6. The van der Waals surface area contributed by atoms with Gasteiger partial charge in [-0.25, -0.2) is 8.42 Å². The lowest BCUT2D eigenvalue weighted by Gasteiger charge is -2.09. The normalized spacial score (nSPS) is 20.1. The molecule has 0 spiro atoms. The van der Waals surface area contributed by atoms with Crippen molar-refractivity contribution in [2.45, 2.75) is 18.2 Å². The summed E-state index contributed by atoms with van der Waals surface area (Å²) in [6.07, 6.45) is 0.652. The van der Waals surface area contributed by atoms with Crippen LogP contribution in [-0.2, 0) is 21.2 Å². The minimum Gasteiger partial charge on any atom is -0.497 e. The van der Waals surface area contributed by atoms with E-state index in [1.165, 1.54) is 11.8 Å². The molecule has 0 unspecified atom stereocenters. The predicted octanol–water partition coefficient (Wildman–Crippen LogP) is 1.23. The van der Waals surface area contributed by atoms with Crippen LogP contribution in [0.2, 0.25) is 0 Å². The molecule has 0 saturated carbocycles. The Hall–Kier alpha value is -1.21. The van der Waals surface area contributed by atoms with Crippen molar-refractivity contribution in [3.8, 4) is 5.75 Å². The zero-order chi connectivity index (χ0) is 15.3. The van der Waals surface area contributed by atoms with E-state index in [0.29, 0.717) is 18.7 Å². The molecule has 0 aromatic heterocycles. The number of hydrogen-bond donors (Lipinski definition) is 1. The van der Waals surface area contributed by atoms with Crippen LogP contribution >= 0.6 is 11.8 Å². The molecule has 1 atom stereocenters. The molecule has 0 aliphatic carbocycles. The number of sulfone groups is 1. The summed E-state index contributed by atoms with van der Waals surface area (Å²) in [5.41, 5.74) is 0.998. The van der Waals surface area contributed by atoms with Crippen molar-refractivity contribution in [2.75, 3.05) is 24.4 Å². The van der Waals surface area contributed by atoms with Gasteiger partial charge in [-0.15, -0.1) is 11.8 Å². The third kappa shape index (κ3) is 5.24. The van der Waals surface area contributed by atoms with E-state index < -0.39 is 9.84 Å². The van der Waals surface area contributed by atoms with Crippen LogP contribution in [0.3, 0.4) is 0 Å². The summed E-state index contributed by atoms with van der Waals surface area (Å²) in [5.74, 6) is 1.46. The number of hydrogen-bond acceptors (Lipinski definition) is 5. The summed E-state index contributed by atoms with van der Waals surface area (Å²) in [6.45, 7) is 0.465. The van der Waals surface area contributed by atoms with Crippen molar-refractivity contribution in [3.63, 3.8) is 0 Å². The molecule has 0 bridgehead atoms. The van der Waals surface area contributed by atoms with Gasteiger partial charge in [0.2, 0.25) is 5.91 Å². The molecular formula is C14H19NO4S2. The first-order chi connectivity index (χ1) is 9.98. The van der Waals surface area contributed by atoms with Gasteiger partial charge in [-0.2, -0.15) is 0 Å². The first kappa shape index (κ1) is 16.2. The van der Waals surface area contributed by atoms with Crippen LogP contribution < -0.4 is 10.1 Å². The molecule has 2 rings (SSSR count). The highest BCUT2D eigenvalue weighted by molar-refractivity contribution is 8.02. The molecular weight excluding hydrogens is 310 g/mol. The summed E-state index contributed by atoms with van der Waals surface area (Å²) in [4.78, 5) is 11.8. The first-order valence-electron chi connectivity index (χ1n) is 6.70. The highest BCUT2D eigenvalue weighted by Crippen LogP contribution is 2.23. The lowest BCUT2D eigenvalue weighted by Crippen LogP contribution is -2.25. The summed E-state index contributed by atoms with van der Waals surface area (Å²) < 4.78 is 27.7. The van der Waals surface area contributed by atoms with E-state index in [1.54, 1.807) is 7.11 Å². The van der Waals surface area contributed by atoms with Gasteiger partial charge in [0.15, 0.2) is 9.84 Å². The van der Waals surface area contributed by atoms with Crippen molar-refractivity contribution in [2.24, 2.45) is 0 Å². The minimum absolute atomic E-state index is 0.0572. The van der Waals surface area contributed by atoms with E-state index in [2.05, 4.69) is 5.32 Å². The van der Waals surface area contributed by atoms with Crippen molar-refractivity contribution in [1.82, 2.24) is 5.32 Å². The Balaban J connectivity index is 1.70. The Bertz CT molecular complexity index is 583. The minimum atomic E-state index is -2.87. The number of amides is 1. The van der Waals surface area contributed by atoms with Crippen LogP contribution in [0.4, 0.5) is 0 Å². The molecule has 7 heteroatoms. The largest absolute Gasteiger partial charge is 0.497 e. The number of thioether (sulfide) groups is 1. The Morgan fingerprint density at radius 1 is 1.38 bits per heavy atom. The second kappa shape index (κ2) is 7.17. The van der Waals surface area contributed by atoms with E-state index in [9.17, 15) is 13.2 Å². The summed E-state index contributed by atoms with van der Waals surface area (Å²) in [6, 6.07) is 7.49.